The van der Waals surface area contributed by atoms with E-state index in [1.807, 2.05) is 21.1 Å². The fourth-order valence-corrected chi connectivity index (χ4v) is 1.93. The average molecular weight is 281 g/mol. The van der Waals surface area contributed by atoms with E-state index in [0.717, 1.165) is 0 Å². The van der Waals surface area contributed by atoms with Gasteiger partial charge in [-0.05, 0) is 0 Å². The van der Waals surface area contributed by atoms with E-state index in [2.05, 4.69) is 0 Å². The molecule has 0 aliphatic heterocycles. The monoisotopic (exact) mass is 281 g/mol. The van der Waals surface area contributed by atoms with E-state index >= 15 is 0 Å². The van der Waals surface area contributed by atoms with E-state index in [1.54, 1.807) is 13.8 Å². The van der Waals surface area contributed by atoms with Crippen LogP contribution in [0.2, 0.25) is 0 Å². The lowest BCUT2D eigenvalue weighted by Gasteiger charge is -2.27. The zero-order valence-corrected chi connectivity index (χ0v) is 12.5. The number of quaternary nitrogens is 1. The molecule has 0 heterocycles. The molecule has 0 aromatic rings. The van der Waals surface area contributed by atoms with Crippen molar-refractivity contribution in [2.45, 2.75) is 26.4 Å². The molecule has 0 aliphatic rings. The van der Waals surface area contributed by atoms with Gasteiger partial charge in [0.05, 0.1) is 49.5 Å². The lowest BCUT2D eigenvalue weighted by atomic mass is 10.2. The standard InChI is InChI=1S/C11H23NO5S/c1-9(2)11(13)17-10(8-18(14,15)16)6-7-12(3,4)5/h9-10H,6-8H2,1-5H3. The van der Waals surface area contributed by atoms with Gasteiger partial charge in [0.15, 0.2) is 0 Å². The van der Waals surface area contributed by atoms with E-state index in [9.17, 15) is 17.8 Å². The summed E-state index contributed by atoms with van der Waals surface area (Å²) in [6, 6.07) is 0. The first-order valence-electron chi connectivity index (χ1n) is 5.85. The molecule has 0 N–H and O–H groups in total. The number of rotatable bonds is 7. The summed E-state index contributed by atoms with van der Waals surface area (Å²) in [5.74, 6) is -1.48. The third kappa shape index (κ3) is 9.38. The second-order valence-electron chi connectivity index (χ2n) is 5.74. The van der Waals surface area contributed by atoms with E-state index in [0.29, 0.717) is 17.4 Å². The first-order chi connectivity index (χ1) is 7.91. The number of esters is 1. The summed E-state index contributed by atoms with van der Waals surface area (Å²) < 4.78 is 38.0. The number of carbonyl (C=O) groups excluding carboxylic acids is 1. The molecule has 0 aliphatic carbocycles. The van der Waals surface area contributed by atoms with Crippen LogP contribution >= 0.6 is 0 Å². The smallest absolute Gasteiger partial charge is 0.308 e. The molecular formula is C11H23NO5S. The third-order valence-corrected chi connectivity index (χ3v) is 3.05. The van der Waals surface area contributed by atoms with Gasteiger partial charge in [0, 0.05) is 6.42 Å². The minimum Gasteiger partial charge on any atom is -0.748 e. The van der Waals surface area contributed by atoms with E-state index in [-0.39, 0.29) is 5.92 Å². The van der Waals surface area contributed by atoms with Crippen LogP contribution in [-0.2, 0) is 19.6 Å². The van der Waals surface area contributed by atoms with Crippen LogP contribution in [0.4, 0.5) is 0 Å². The predicted octanol–water partition coefficient (Wildman–Crippen LogP) is 0.196. The fourth-order valence-electron chi connectivity index (χ4n) is 1.24. The van der Waals surface area contributed by atoms with Crippen LogP contribution in [0.5, 0.6) is 0 Å². The van der Waals surface area contributed by atoms with Gasteiger partial charge in [-0.3, -0.25) is 4.79 Å². The molecule has 0 bridgehead atoms. The van der Waals surface area contributed by atoms with Crippen LogP contribution in [-0.4, -0.2) is 63.0 Å². The normalized spacial score (nSPS) is 14.6. The van der Waals surface area contributed by atoms with E-state index in [1.165, 1.54) is 0 Å². The fraction of sp³-hybridized carbons (Fsp3) is 0.909. The highest BCUT2D eigenvalue weighted by Crippen LogP contribution is 2.09. The Morgan fingerprint density at radius 1 is 1.28 bits per heavy atom. The number of hydrogen-bond donors (Lipinski definition) is 0. The molecule has 0 saturated carbocycles. The number of nitrogens with zero attached hydrogens (tertiary/aromatic N) is 1. The Labute approximate surface area is 109 Å². The first kappa shape index (κ1) is 17.3. The Balaban J connectivity index is 4.58. The molecule has 1 atom stereocenters. The Morgan fingerprint density at radius 2 is 1.78 bits per heavy atom. The number of hydrogen-bond acceptors (Lipinski definition) is 5. The van der Waals surface area contributed by atoms with Crippen molar-refractivity contribution in [1.29, 1.82) is 0 Å². The van der Waals surface area contributed by atoms with Crippen molar-refractivity contribution in [3.63, 3.8) is 0 Å². The van der Waals surface area contributed by atoms with Crippen LogP contribution in [0.1, 0.15) is 20.3 Å². The molecule has 18 heavy (non-hydrogen) atoms. The molecule has 0 aromatic heterocycles. The minimum absolute atomic E-state index is 0.342. The lowest BCUT2D eigenvalue weighted by molar-refractivity contribution is -0.870. The third-order valence-electron chi connectivity index (χ3n) is 2.27. The van der Waals surface area contributed by atoms with Crippen molar-refractivity contribution in [1.82, 2.24) is 0 Å². The van der Waals surface area contributed by atoms with Gasteiger partial charge in [0.2, 0.25) is 0 Å². The largest absolute Gasteiger partial charge is 0.748 e. The van der Waals surface area contributed by atoms with Crippen molar-refractivity contribution in [2.24, 2.45) is 5.92 Å². The zero-order chi connectivity index (χ0) is 14.6. The van der Waals surface area contributed by atoms with Crippen LogP contribution in [0.15, 0.2) is 0 Å². The van der Waals surface area contributed by atoms with Gasteiger partial charge in [0.25, 0.3) is 0 Å². The molecular weight excluding hydrogens is 258 g/mol. The second-order valence-corrected chi connectivity index (χ2v) is 7.19. The summed E-state index contributed by atoms with van der Waals surface area (Å²) in [6.45, 7) is 3.93. The predicted molar refractivity (Wildman–Crippen MR) is 66.8 cm³/mol. The minimum atomic E-state index is -4.40. The van der Waals surface area contributed by atoms with Gasteiger partial charge in [-0.2, -0.15) is 0 Å². The van der Waals surface area contributed by atoms with Crippen LogP contribution in [0.25, 0.3) is 0 Å². The summed E-state index contributed by atoms with van der Waals surface area (Å²) in [4.78, 5) is 11.4. The molecule has 108 valence electrons. The topological polar surface area (TPSA) is 83.5 Å². The Kier molecular flexibility index (Phi) is 6.25. The maximum Gasteiger partial charge on any atom is 0.308 e. The summed E-state index contributed by atoms with van der Waals surface area (Å²) in [5, 5.41) is 0. The molecule has 0 aromatic carbocycles. The highest BCUT2D eigenvalue weighted by molar-refractivity contribution is 7.85. The Bertz CT molecular complexity index is 369. The summed E-state index contributed by atoms with van der Waals surface area (Å²) in [6.07, 6.45) is -0.511. The molecule has 7 heteroatoms. The van der Waals surface area contributed by atoms with Gasteiger partial charge in [-0.15, -0.1) is 0 Å². The average Bonchev–Trinajstić information content (AvgIpc) is 2.10. The first-order valence-corrected chi connectivity index (χ1v) is 7.43. The maximum absolute atomic E-state index is 11.4. The van der Waals surface area contributed by atoms with Crippen molar-refractivity contribution < 1.29 is 27.0 Å². The molecule has 0 amide bonds. The Hall–Kier alpha value is -0.660. The highest BCUT2D eigenvalue weighted by Gasteiger charge is 2.22. The van der Waals surface area contributed by atoms with Crippen molar-refractivity contribution >= 4 is 16.1 Å². The van der Waals surface area contributed by atoms with Crippen molar-refractivity contribution in [3.05, 3.63) is 0 Å². The molecule has 0 spiro atoms. The van der Waals surface area contributed by atoms with Crippen LogP contribution in [0, 0.1) is 5.92 Å². The van der Waals surface area contributed by atoms with Crippen molar-refractivity contribution in [2.75, 3.05) is 33.4 Å². The van der Waals surface area contributed by atoms with Crippen LogP contribution < -0.4 is 0 Å². The van der Waals surface area contributed by atoms with Gasteiger partial charge >= 0.3 is 5.97 Å². The summed E-state index contributed by atoms with van der Waals surface area (Å²) >= 11 is 0. The molecule has 0 rings (SSSR count). The lowest BCUT2D eigenvalue weighted by Crippen LogP contribution is -2.39. The molecule has 6 nitrogen and oxygen atoms in total. The van der Waals surface area contributed by atoms with Crippen molar-refractivity contribution in [3.8, 4) is 0 Å². The Morgan fingerprint density at radius 3 is 2.11 bits per heavy atom. The quantitative estimate of drug-likeness (QED) is 0.378. The highest BCUT2D eigenvalue weighted by atomic mass is 32.2. The van der Waals surface area contributed by atoms with Gasteiger partial charge in [-0.25, -0.2) is 8.42 Å². The van der Waals surface area contributed by atoms with Gasteiger partial charge in [-0.1, -0.05) is 13.8 Å². The summed E-state index contributed by atoms with van der Waals surface area (Å²) in [7, 11) is 1.42. The number of carbonyl (C=O) groups is 1. The zero-order valence-electron chi connectivity index (χ0n) is 11.7. The summed E-state index contributed by atoms with van der Waals surface area (Å²) in [5.41, 5.74) is 0. The SMILES string of the molecule is CC(C)C(=O)OC(CC[N+](C)(C)C)CS(=O)(=O)[O-]. The maximum atomic E-state index is 11.4. The number of ether oxygens (including phenoxy) is 1. The van der Waals surface area contributed by atoms with E-state index in [4.69, 9.17) is 4.74 Å². The van der Waals surface area contributed by atoms with Crippen LogP contribution in [0.3, 0.4) is 0 Å². The van der Waals surface area contributed by atoms with E-state index < -0.39 is 27.9 Å². The molecule has 0 radical (unpaired) electrons. The molecule has 0 fully saturated rings. The second kappa shape index (κ2) is 6.49. The molecule has 1 unspecified atom stereocenters. The van der Waals surface area contributed by atoms with Gasteiger partial charge in [0.1, 0.15) is 6.10 Å². The van der Waals surface area contributed by atoms with Gasteiger partial charge < -0.3 is 13.8 Å². The molecule has 0 saturated heterocycles.